The second-order valence-electron chi connectivity index (χ2n) is 3.39. The van der Waals surface area contributed by atoms with Crippen LogP contribution < -0.4 is 0 Å². The van der Waals surface area contributed by atoms with E-state index in [1.54, 1.807) is 12.4 Å². The quantitative estimate of drug-likeness (QED) is 0.631. The van der Waals surface area contributed by atoms with Gasteiger partial charge in [0.25, 0.3) is 0 Å². The molecule has 0 spiro atoms. The van der Waals surface area contributed by atoms with Gasteiger partial charge in [0.15, 0.2) is 0 Å². The highest BCUT2D eigenvalue weighted by Gasteiger charge is 1.72. The predicted molar refractivity (Wildman–Crippen MR) is 71.4 cm³/mol. The molecule has 1 aromatic heterocycles. The Balaban J connectivity index is 0.000000230. The smallest absolute Gasteiger partial charge is 0.0267 e. The summed E-state index contributed by atoms with van der Waals surface area (Å²) in [6, 6.07) is 16.0. The average Bonchev–Trinajstić information content (AvgIpc) is 2.34. The summed E-state index contributed by atoms with van der Waals surface area (Å²) in [6.45, 7) is 6.33. The fourth-order valence-electron chi connectivity index (χ4n) is 0.847. The monoisotopic (exact) mass is 215 g/mol. The van der Waals surface area contributed by atoms with E-state index in [1.807, 2.05) is 36.4 Å². The van der Waals surface area contributed by atoms with Crippen LogP contribution >= 0.6 is 0 Å². The van der Waals surface area contributed by atoms with E-state index in [9.17, 15) is 0 Å². The summed E-state index contributed by atoms with van der Waals surface area (Å²) in [5.74, 6) is 0. The summed E-state index contributed by atoms with van der Waals surface area (Å²) in [5, 5.41) is 0. The molecule has 0 aliphatic carbocycles. The summed E-state index contributed by atoms with van der Waals surface area (Å²) in [5.41, 5.74) is 1.32. The third kappa shape index (κ3) is 10.5. The van der Waals surface area contributed by atoms with Crippen molar-refractivity contribution in [2.24, 2.45) is 0 Å². The summed E-state index contributed by atoms with van der Waals surface area (Å²) in [4.78, 5) is 3.78. The van der Waals surface area contributed by atoms with Crippen molar-refractivity contribution in [3.05, 3.63) is 66.5 Å². The number of aromatic nitrogens is 1. The zero-order valence-electron chi connectivity index (χ0n) is 10.4. The van der Waals surface area contributed by atoms with E-state index in [4.69, 9.17) is 0 Å². The topological polar surface area (TPSA) is 12.9 Å². The number of pyridine rings is 1. The van der Waals surface area contributed by atoms with Gasteiger partial charge in [-0.1, -0.05) is 62.2 Å². The fraction of sp³-hybridized carbons (Fsp3) is 0.267. The molecule has 0 aliphatic rings. The van der Waals surface area contributed by atoms with Crippen LogP contribution in [0.5, 0.6) is 0 Å². The van der Waals surface area contributed by atoms with E-state index in [-0.39, 0.29) is 0 Å². The normalized spacial score (nSPS) is 7.94. The molecular weight excluding hydrogens is 194 g/mol. The van der Waals surface area contributed by atoms with Crippen LogP contribution in [0.2, 0.25) is 0 Å². The number of nitrogens with zero attached hydrogens (tertiary/aromatic N) is 1. The molecule has 0 aliphatic heterocycles. The van der Waals surface area contributed by atoms with Crippen molar-refractivity contribution in [2.75, 3.05) is 0 Å². The number of benzene rings is 1. The van der Waals surface area contributed by atoms with Crippen molar-refractivity contribution < 1.29 is 0 Å². The second-order valence-corrected chi connectivity index (χ2v) is 3.39. The van der Waals surface area contributed by atoms with Gasteiger partial charge in [0, 0.05) is 12.4 Å². The molecule has 1 heterocycles. The SMILES string of the molecule is CCC.Cc1ccccc1.c1ccncc1. The van der Waals surface area contributed by atoms with Crippen LogP contribution in [0.15, 0.2) is 60.9 Å². The lowest BCUT2D eigenvalue weighted by molar-refractivity contribution is 1.09. The standard InChI is InChI=1S/C7H8.C5H5N.C3H8/c1-7-5-3-2-4-6-7;1-2-4-6-5-3-1;1-3-2/h2-6H,1H3;1-5H;3H2,1-2H3. The zero-order valence-corrected chi connectivity index (χ0v) is 10.4. The van der Waals surface area contributed by atoms with Gasteiger partial charge in [0.1, 0.15) is 0 Å². The Morgan fingerprint density at radius 3 is 1.44 bits per heavy atom. The molecule has 0 unspecified atom stereocenters. The molecule has 16 heavy (non-hydrogen) atoms. The molecule has 0 fully saturated rings. The Kier molecular flexibility index (Phi) is 10.3. The van der Waals surface area contributed by atoms with Crippen LogP contribution in [0.1, 0.15) is 25.8 Å². The Morgan fingerprint density at radius 1 is 0.812 bits per heavy atom. The summed E-state index contributed by atoms with van der Waals surface area (Å²) < 4.78 is 0. The molecular formula is C15H21N. The maximum absolute atomic E-state index is 3.78. The second kappa shape index (κ2) is 11.4. The van der Waals surface area contributed by atoms with Gasteiger partial charge < -0.3 is 0 Å². The maximum Gasteiger partial charge on any atom is 0.0267 e. The molecule has 0 atom stereocenters. The molecule has 1 heteroatoms. The van der Waals surface area contributed by atoms with Crippen LogP contribution in [-0.2, 0) is 0 Å². The van der Waals surface area contributed by atoms with Crippen LogP contribution in [0.4, 0.5) is 0 Å². The van der Waals surface area contributed by atoms with E-state index in [2.05, 4.69) is 37.9 Å². The van der Waals surface area contributed by atoms with Crippen LogP contribution in [0, 0.1) is 6.92 Å². The molecule has 0 saturated heterocycles. The average molecular weight is 215 g/mol. The third-order valence-electron chi connectivity index (χ3n) is 1.51. The fourth-order valence-corrected chi connectivity index (χ4v) is 0.847. The van der Waals surface area contributed by atoms with Crippen molar-refractivity contribution in [3.63, 3.8) is 0 Å². The highest BCUT2D eigenvalue weighted by atomic mass is 14.6. The van der Waals surface area contributed by atoms with Gasteiger partial charge in [-0.15, -0.1) is 0 Å². The number of aryl methyl sites for hydroxylation is 1. The number of hydrogen-bond acceptors (Lipinski definition) is 1. The first-order valence-electron chi connectivity index (χ1n) is 5.67. The van der Waals surface area contributed by atoms with Crippen molar-refractivity contribution >= 4 is 0 Å². The predicted octanol–water partition coefficient (Wildman–Crippen LogP) is 4.49. The van der Waals surface area contributed by atoms with Gasteiger partial charge >= 0.3 is 0 Å². The molecule has 0 saturated carbocycles. The van der Waals surface area contributed by atoms with E-state index >= 15 is 0 Å². The number of hydrogen-bond donors (Lipinski definition) is 0. The molecule has 0 N–H and O–H groups in total. The van der Waals surface area contributed by atoms with Crippen molar-refractivity contribution in [1.82, 2.24) is 4.98 Å². The molecule has 86 valence electrons. The van der Waals surface area contributed by atoms with E-state index in [0.717, 1.165) is 0 Å². The molecule has 0 bridgehead atoms. The lowest BCUT2D eigenvalue weighted by Crippen LogP contribution is -1.62. The van der Waals surface area contributed by atoms with Crippen LogP contribution in [0.3, 0.4) is 0 Å². The molecule has 2 rings (SSSR count). The van der Waals surface area contributed by atoms with Gasteiger partial charge in [-0.3, -0.25) is 4.98 Å². The Bertz CT molecular complexity index is 289. The van der Waals surface area contributed by atoms with Gasteiger partial charge in [-0.05, 0) is 19.1 Å². The first kappa shape index (κ1) is 14.4. The minimum absolute atomic E-state index is 1.25. The highest BCUT2D eigenvalue weighted by molar-refractivity contribution is 5.11. The van der Waals surface area contributed by atoms with Crippen molar-refractivity contribution in [1.29, 1.82) is 0 Å². The van der Waals surface area contributed by atoms with Crippen molar-refractivity contribution in [3.8, 4) is 0 Å². The molecule has 0 amide bonds. The van der Waals surface area contributed by atoms with E-state index < -0.39 is 0 Å². The lowest BCUT2D eigenvalue weighted by atomic mass is 10.2. The third-order valence-corrected chi connectivity index (χ3v) is 1.51. The lowest BCUT2D eigenvalue weighted by Gasteiger charge is -1.82. The van der Waals surface area contributed by atoms with E-state index in [1.165, 1.54) is 12.0 Å². The molecule has 1 nitrogen and oxygen atoms in total. The van der Waals surface area contributed by atoms with Crippen LogP contribution in [-0.4, -0.2) is 4.98 Å². The summed E-state index contributed by atoms with van der Waals surface area (Å²) in [7, 11) is 0. The van der Waals surface area contributed by atoms with Gasteiger partial charge in [0.05, 0.1) is 0 Å². The Hall–Kier alpha value is -1.63. The summed E-state index contributed by atoms with van der Waals surface area (Å²) in [6.07, 6.45) is 4.75. The van der Waals surface area contributed by atoms with Gasteiger partial charge in [-0.25, -0.2) is 0 Å². The Labute approximate surface area is 99.2 Å². The maximum atomic E-state index is 3.78. The van der Waals surface area contributed by atoms with Gasteiger partial charge in [-0.2, -0.15) is 0 Å². The largest absolute Gasteiger partial charge is 0.265 e. The highest BCUT2D eigenvalue weighted by Crippen LogP contribution is 1.92. The first-order valence-corrected chi connectivity index (χ1v) is 5.67. The van der Waals surface area contributed by atoms with Gasteiger partial charge in [0.2, 0.25) is 0 Å². The zero-order chi connectivity index (χ0) is 12.1. The minimum atomic E-state index is 1.25. The molecule has 0 radical (unpaired) electrons. The number of rotatable bonds is 0. The van der Waals surface area contributed by atoms with Crippen LogP contribution in [0.25, 0.3) is 0 Å². The molecule has 2 aromatic rings. The summed E-state index contributed by atoms with van der Waals surface area (Å²) >= 11 is 0. The Morgan fingerprint density at radius 2 is 1.25 bits per heavy atom. The van der Waals surface area contributed by atoms with Crippen molar-refractivity contribution in [2.45, 2.75) is 27.2 Å². The first-order chi connectivity index (χ1) is 7.81. The van der Waals surface area contributed by atoms with E-state index in [0.29, 0.717) is 0 Å². The molecule has 1 aromatic carbocycles. The minimum Gasteiger partial charge on any atom is -0.265 e.